The second-order valence-corrected chi connectivity index (χ2v) is 6.05. The highest BCUT2D eigenvalue weighted by atomic mass is 127. The van der Waals surface area contributed by atoms with Crippen molar-refractivity contribution in [1.29, 1.82) is 0 Å². The van der Waals surface area contributed by atoms with E-state index in [0.29, 0.717) is 5.58 Å². The van der Waals surface area contributed by atoms with Gasteiger partial charge in [-0.05, 0) is 65.4 Å². The maximum Gasteiger partial charge on any atom is 0.417 e. The highest BCUT2D eigenvalue weighted by Gasteiger charge is 2.17. The summed E-state index contributed by atoms with van der Waals surface area (Å²) in [4.78, 5) is 13.9. The molecule has 4 nitrogen and oxygen atoms in total. The number of nitrogens with one attached hydrogen (secondary N) is 2. The lowest BCUT2D eigenvalue weighted by atomic mass is 9.97. The van der Waals surface area contributed by atoms with Crippen LogP contribution >= 0.6 is 22.6 Å². The Balaban J connectivity index is 2.13. The van der Waals surface area contributed by atoms with E-state index in [2.05, 4.69) is 58.0 Å². The lowest BCUT2D eigenvalue weighted by molar-refractivity contribution is 0.554. The molecule has 0 radical (unpaired) electrons. The van der Waals surface area contributed by atoms with Gasteiger partial charge in [0.25, 0.3) is 0 Å². The van der Waals surface area contributed by atoms with Crippen molar-refractivity contribution in [2.24, 2.45) is 0 Å². The smallest absolute Gasteiger partial charge is 0.408 e. The van der Waals surface area contributed by atoms with Gasteiger partial charge >= 0.3 is 5.76 Å². The molecule has 5 heteroatoms. The van der Waals surface area contributed by atoms with Crippen molar-refractivity contribution >= 4 is 33.7 Å². The minimum absolute atomic E-state index is 0.0569. The number of fused-ring (bicyclic) bond motifs is 1. The Morgan fingerprint density at radius 1 is 1.29 bits per heavy atom. The van der Waals surface area contributed by atoms with Crippen molar-refractivity contribution in [2.45, 2.75) is 13.0 Å². The molecule has 0 spiro atoms. The Kier molecular flexibility index (Phi) is 3.86. The van der Waals surface area contributed by atoms with Crippen molar-refractivity contribution in [3.05, 3.63) is 67.2 Å². The number of aromatic nitrogens is 1. The van der Waals surface area contributed by atoms with Crippen LogP contribution in [0.25, 0.3) is 11.1 Å². The average Bonchev–Trinajstić information content (AvgIpc) is 2.83. The predicted molar refractivity (Wildman–Crippen MR) is 91.6 cm³/mol. The molecule has 0 saturated heterocycles. The highest BCUT2D eigenvalue weighted by molar-refractivity contribution is 14.1. The number of hydrogen-bond donors (Lipinski definition) is 2. The zero-order valence-corrected chi connectivity index (χ0v) is 13.9. The molecule has 2 N–H and O–H groups in total. The number of H-pyrrole nitrogens is 1. The Morgan fingerprint density at radius 2 is 2.10 bits per heavy atom. The van der Waals surface area contributed by atoms with Crippen LogP contribution in [-0.4, -0.2) is 12.0 Å². The molecule has 2 aromatic carbocycles. The lowest BCUT2D eigenvalue weighted by Gasteiger charge is -2.19. The Labute approximate surface area is 135 Å². The number of halogens is 1. The Hall–Kier alpha value is -1.60. The zero-order chi connectivity index (χ0) is 15.0. The normalized spacial score (nSPS) is 12.7. The summed E-state index contributed by atoms with van der Waals surface area (Å²) < 4.78 is 6.39. The molecule has 108 valence electrons. The summed E-state index contributed by atoms with van der Waals surface area (Å²) in [5.74, 6) is -0.423. The quantitative estimate of drug-likeness (QED) is 0.670. The van der Waals surface area contributed by atoms with Gasteiger partial charge in [-0.2, -0.15) is 0 Å². The van der Waals surface area contributed by atoms with Crippen LogP contribution in [0.4, 0.5) is 0 Å². The van der Waals surface area contributed by atoms with Crippen LogP contribution in [0, 0.1) is 10.5 Å². The molecule has 0 aliphatic heterocycles. The van der Waals surface area contributed by atoms with E-state index in [4.69, 9.17) is 4.42 Å². The monoisotopic (exact) mass is 394 g/mol. The molecule has 1 unspecified atom stereocenters. The molecule has 1 atom stereocenters. The fraction of sp³-hybridized carbons (Fsp3) is 0.188. The van der Waals surface area contributed by atoms with Gasteiger partial charge in [-0.15, -0.1) is 0 Å². The summed E-state index contributed by atoms with van der Waals surface area (Å²) in [7, 11) is 1.93. The SMILES string of the molecule is CNC(c1ccc2[nH]c(=O)oc2c1)c1cccc(C)c1I. The largest absolute Gasteiger partial charge is 0.417 e. The molecule has 3 rings (SSSR count). The number of aromatic amines is 1. The topological polar surface area (TPSA) is 58.0 Å². The van der Waals surface area contributed by atoms with Crippen LogP contribution in [0.15, 0.2) is 45.6 Å². The van der Waals surface area contributed by atoms with Crippen molar-refractivity contribution < 1.29 is 4.42 Å². The maximum absolute atomic E-state index is 11.3. The first kappa shape index (κ1) is 14.3. The fourth-order valence-electron chi connectivity index (χ4n) is 2.54. The van der Waals surface area contributed by atoms with E-state index in [0.717, 1.165) is 11.1 Å². The number of benzene rings is 2. The molecular weight excluding hydrogens is 379 g/mol. The minimum Gasteiger partial charge on any atom is -0.408 e. The van der Waals surface area contributed by atoms with Crippen LogP contribution in [0.5, 0.6) is 0 Å². The van der Waals surface area contributed by atoms with Crippen molar-refractivity contribution in [2.75, 3.05) is 7.05 Å². The third kappa shape index (κ3) is 2.63. The zero-order valence-electron chi connectivity index (χ0n) is 11.7. The molecule has 0 bridgehead atoms. The second kappa shape index (κ2) is 5.65. The number of rotatable bonds is 3. The van der Waals surface area contributed by atoms with E-state index in [1.165, 1.54) is 14.7 Å². The van der Waals surface area contributed by atoms with Gasteiger partial charge in [-0.1, -0.05) is 24.3 Å². The molecule has 1 heterocycles. The molecular formula is C16H15IN2O2. The predicted octanol–water partition coefficient (Wildman–Crippen LogP) is 3.34. The van der Waals surface area contributed by atoms with Gasteiger partial charge in [0, 0.05) is 3.57 Å². The minimum atomic E-state index is -0.423. The van der Waals surface area contributed by atoms with Crippen LogP contribution in [0.3, 0.4) is 0 Å². The van der Waals surface area contributed by atoms with E-state index < -0.39 is 5.76 Å². The van der Waals surface area contributed by atoms with Crippen molar-refractivity contribution in [3.63, 3.8) is 0 Å². The summed E-state index contributed by atoms with van der Waals surface area (Å²) in [6.45, 7) is 2.10. The van der Waals surface area contributed by atoms with Gasteiger partial charge in [0.1, 0.15) is 0 Å². The molecule has 0 saturated carbocycles. The lowest BCUT2D eigenvalue weighted by Crippen LogP contribution is -2.19. The van der Waals surface area contributed by atoms with E-state index in [1.54, 1.807) is 0 Å². The average molecular weight is 394 g/mol. The first-order valence-electron chi connectivity index (χ1n) is 6.65. The molecule has 0 fully saturated rings. The van der Waals surface area contributed by atoms with Gasteiger partial charge in [-0.25, -0.2) is 4.79 Å². The standard InChI is InChI=1S/C16H15IN2O2/c1-9-4-3-5-11(14(9)17)15(18-2)10-6-7-12-13(8-10)21-16(20)19-12/h3-8,15,18H,1-2H3,(H,19,20). The third-order valence-corrected chi connectivity index (χ3v) is 5.07. The molecule has 0 aliphatic carbocycles. The van der Waals surface area contributed by atoms with E-state index in [1.807, 2.05) is 25.2 Å². The van der Waals surface area contributed by atoms with Crippen molar-refractivity contribution in [3.8, 4) is 0 Å². The first-order chi connectivity index (χ1) is 10.1. The molecule has 3 aromatic rings. The van der Waals surface area contributed by atoms with Crippen LogP contribution < -0.4 is 11.1 Å². The molecule has 0 amide bonds. The summed E-state index contributed by atoms with van der Waals surface area (Å²) in [6, 6.07) is 12.1. The van der Waals surface area contributed by atoms with Gasteiger partial charge < -0.3 is 9.73 Å². The molecule has 1 aromatic heterocycles. The number of hydrogen-bond acceptors (Lipinski definition) is 3. The molecule has 0 aliphatic rings. The van der Waals surface area contributed by atoms with Crippen LogP contribution in [-0.2, 0) is 0 Å². The Morgan fingerprint density at radius 3 is 2.86 bits per heavy atom. The van der Waals surface area contributed by atoms with Crippen molar-refractivity contribution in [1.82, 2.24) is 10.3 Å². The maximum atomic E-state index is 11.3. The van der Waals surface area contributed by atoms with E-state index in [-0.39, 0.29) is 6.04 Å². The van der Waals surface area contributed by atoms with Gasteiger partial charge in [0.15, 0.2) is 5.58 Å². The summed E-state index contributed by atoms with van der Waals surface area (Å²) >= 11 is 2.37. The van der Waals surface area contributed by atoms with E-state index in [9.17, 15) is 4.79 Å². The fourth-order valence-corrected chi connectivity index (χ4v) is 3.21. The van der Waals surface area contributed by atoms with Crippen LogP contribution in [0.2, 0.25) is 0 Å². The first-order valence-corrected chi connectivity index (χ1v) is 7.73. The summed E-state index contributed by atoms with van der Waals surface area (Å²) in [5.41, 5.74) is 4.84. The second-order valence-electron chi connectivity index (χ2n) is 4.97. The van der Waals surface area contributed by atoms with Crippen LogP contribution in [0.1, 0.15) is 22.7 Å². The van der Waals surface area contributed by atoms with Gasteiger partial charge in [0.2, 0.25) is 0 Å². The third-order valence-electron chi connectivity index (χ3n) is 3.60. The number of oxazole rings is 1. The molecule has 21 heavy (non-hydrogen) atoms. The summed E-state index contributed by atoms with van der Waals surface area (Å²) in [5, 5.41) is 3.34. The summed E-state index contributed by atoms with van der Waals surface area (Å²) in [6.07, 6.45) is 0. The number of aryl methyl sites for hydroxylation is 1. The van der Waals surface area contributed by atoms with Gasteiger partial charge in [0.05, 0.1) is 11.6 Å². The highest BCUT2D eigenvalue weighted by Crippen LogP contribution is 2.29. The van der Waals surface area contributed by atoms with Gasteiger partial charge in [-0.3, -0.25) is 4.98 Å². The Bertz CT molecular complexity index is 851. The van der Waals surface area contributed by atoms with E-state index >= 15 is 0 Å².